The van der Waals surface area contributed by atoms with Gasteiger partial charge in [-0.3, -0.25) is 4.79 Å². The summed E-state index contributed by atoms with van der Waals surface area (Å²) in [5.41, 5.74) is 4.77. The number of Topliss-reactive ketones (excluding diaryl/α,β-unsaturated/α-hetero) is 1. The molecule has 1 atom stereocenters. The van der Waals surface area contributed by atoms with Gasteiger partial charge in [-0.25, -0.2) is 0 Å². The highest BCUT2D eigenvalue weighted by molar-refractivity contribution is 5.92. The number of hydrogen-bond acceptors (Lipinski definition) is 3. The van der Waals surface area contributed by atoms with Gasteiger partial charge >= 0.3 is 6.18 Å². The number of rotatable bonds is 1. The number of carbonyl (C=O) groups is 1. The molecular weight excluding hydrogens is 235 g/mol. The van der Waals surface area contributed by atoms with Crippen LogP contribution in [0.5, 0.6) is 0 Å². The van der Waals surface area contributed by atoms with Crippen molar-refractivity contribution in [2.45, 2.75) is 12.3 Å². The molecule has 0 saturated carbocycles. The van der Waals surface area contributed by atoms with Crippen LogP contribution in [0.25, 0.3) is 0 Å². The quantitative estimate of drug-likeness (QED) is 0.818. The van der Waals surface area contributed by atoms with E-state index in [1.54, 1.807) is 0 Å². The number of ether oxygens (including phenoxy) is 1. The fourth-order valence-electron chi connectivity index (χ4n) is 1.46. The minimum Gasteiger partial charge on any atom is -0.462 e. The minimum absolute atomic E-state index is 0.153. The SMILES string of the molecule is NC1=[C]C(=O)C(c2ccc(C(F)(F)F)cc2)O1. The lowest BCUT2D eigenvalue weighted by Crippen LogP contribution is -2.10. The molecule has 0 bridgehead atoms. The number of halogens is 3. The van der Waals surface area contributed by atoms with E-state index in [2.05, 4.69) is 6.08 Å². The number of nitrogens with two attached hydrogens (primary N) is 1. The zero-order chi connectivity index (χ0) is 12.6. The first-order chi connectivity index (χ1) is 7.88. The summed E-state index contributed by atoms with van der Waals surface area (Å²) in [6.07, 6.45) is -3.17. The highest BCUT2D eigenvalue weighted by Crippen LogP contribution is 2.31. The van der Waals surface area contributed by atoms with Crippen LogP contribution in [0, 0.1) is 6.08 Å². The van der Waals surface area contributed by atoms with Crippen molar-refractivity contribution >= 4 is 5.78 Å². The van der Waals surface area contributed by atoms with Crippen LogP contribution in [-0.2, 0) is 15.7 Å². The molecule has 3 nitrogen and oxygen atoms in total. The lowest BCUT2D eigenvalue weighted by atomic mass is 10.0. The minimum atomic E-state index is -4.40. The van der Waals surface area contributed by atoms with Gasteiger partial charge in [-0.1, -0.05) is 12.1 Å². The monoisotopic (exact) mass is 242 g/mol. The van der Waals surface area contributed by atoms with Crippen LogP contribution >= 0.6 is 0 Å². The van der Waals surface area contributed by atoms with Crippen molar-refractivity contribution in [1.29, 1.82) is 0 Å². The molecule has 17 heavy (non-hydrogen) atoms. The molecule has 0 aromatic heterocycles. The number of carbonyl (C=O) groups excluding carboxylic acids is 1. The molecule has 1 unspecified atom stereocenters. The van der Waals surface area contributed by atoms with Crippen LogP contribution in [0.3, 0.4) is 0 Å². The maximum absolute atomic E-state index is 12.3. The Morgan fingerprint density at radius 2 is 1.82 bits per heavy atom. The fraction of sp³-hybridized carbons (Fsp3) is 0.182. The average molecular weight is 242 g/mol. The van der Waals surface area contributed by atoms with Crippen LogP contribution in [0.2, 0.25) is 0 Å². The molecule has 1 aromatic rings. The zero-order valence-corrected chi connectivity index (χ0v) is 8.41. The first-order valence-corrected chi connectivity index (χ1v) is 4.65. The third-order valence-corrected chi connectivity index (χ3v) is 2.27. The van der Waals surface area contributed by atoms with Crippen molar-refractivity contribution in [3.63, 3.8) is 0 Å². The first kappa shape index (κ1) is 11.5. The van der Waals surface area contributed by atoms with Crippen molar-refractivity contribution in [3.8, 4) is 0 Å². The summed E-state index contributed by atoms with van der Waals surface area (Å²) in [5, 5.41) is 0. The topological polar surface area (TPSA) is 52.3 Å². The molecule has 0 spiro atoms. The largest absolute Gasteiger partial charge is 0.462 e. The van der Waals surface area contributed by atoms with E-state index in [4.69, 9.17) is 10.5 Å². The maximum Gasteiger partial charge on any atom is 0.416 e. The summed E-state index contributed by atoms with van der Waals surface area (Å²) in [6, 6.07) is 4.15. The summed E-state index contributed by atoms with van der Waals surface area (Å²) in [6.45, 7) is 0. The van der Waals surface area contributed by atoms with E-state index in [9.17, 15) is 18.0 Å². The molecule has 0 fully saturated rings. The summed E-state index contributed by atoms with van der Waals surface area (Å²) in [4.78, 5) is 11.3. The van der Waals surface area contributed by atoms with Gasteiger partial charge in [0.15, 0.2) is 12.0 Å². The molecule has 0 saturated heterocycles. The number of ketones is 1. The van der Waals surface area contributed by atoms with Crippen LogP contribution < -0.4 is 5.73 Å². The van der Waals surface area contributed by atoms with Gasteiger partial charge in [-0.05, 0) is 12.1 Å². The summed E-state index contributed by atoms with van der Waals surface area (Å²) < 4.78 is 41.8. The molecule has 1 radical (unpaired) electrons. The molecule has 0 amide bonds. The Morgan fingerprint density at radius 1 is 1.24 bits per heavy atom. The van der Waals surface area contributed by atoms with Crippen molar-refractivity contribution in [2.75, 3.05) is 0 Å². The van der Waals surface area contributed by atoms with E-state index < -0.39 is 23.6 Å². The average Bonchev–Trinajstić information content (AvgIpc) is 2.57. The molecule has 1 aromatic carbocycles. The van der Waals surface area contributed by atoms with Gasteiger partial charge in [-0.2, -0.15) is 13.2 Å². The highest BCUT2D eigenvalue weighted by atomic mass is 19.4. The number of benzene rings is 1. The zero-order valence-electron chi connectivity index (χ0n) is 8.41. The third-order valence-electron chi connectivity index (χ3n) is 2.27. The molecular formula is C11H7F3NO2. The van der Waals surface area contributed by atoms with E-state index in [1.165, 1.54) is 12.1 Å². The van der Waals surface area contributed by atoms with Gasteiger partial charge in [0.1, 0.15) is 0 Å². The Labute approximate surface area is 94.7 Å². The molecule has 2 rings (SSSR count). The van der Waals surface area contributed by atoms with Crippen molar-refractivity contribution in [1.82, 2.24) is 0 Å². The van der Waals surface area contributed by atoms with Crippen LogP contribution in [0.4, 0.5) is 13.2 Å². The number of hydrogen-bond donors (Lipinski definition) is 1. The van der Waals surface area contributed by atoms with E-state index in [1.807, 2.05) is 0 Å². The van der Waals surface area contributed by atoms with E-state index in [0.717, 1.165) is 12.1 Å². The van der Waals surface area contributed by atoms with Crippen molar-refractivity contribution in [2.24, 2.45) is 5.73 Å². The van der Waals surface area contributed by atoms with E-state index in [-0.39, 0.29) is 5.88 Å². The van der Waals surface area contributed by atoms with Gasteiger partial charge in [0.2, 0.25) is 5.78 Å². The number of alkyl halides is 3. The Kier molecular flexibility index (Phi) is 2.57. The third kappa shape index (κ3) is 2.25. The smallest absolute Gasteiger partial charge is 0.416 e. The van der Waals surface area contributed by atoms with Crippen LogP contribution in [0.15, 0.2) is 30.1 Å². The lowest BCUT2D eigenvalue weighted by molar-refractivity contribution is -0.137. The fourth-order valence-corrected chi connectivity index (χ4v) is 1.46. The Bertz CT molecular complexity index is 476. The predicted octanol–water partition coefficient (Wildman–Crippen LogP) is 1.95. The Morgan fingerprint density at radius 3 is 2.24 bits per heavy atom. The van der Waals surface area contributed by atoms with Gasteiger partial charge in [0, 0.05) is 5.56 Å². The van der Waals surface area contributed by atoms with Crippen LogP contribution in [0.1, 0.15) is 17.2 Å². The van der Waals surface area contributed by atoms with Gasteiger partial charge in [0.25, 0.3) is 0 Å². The first-order valence-electron chi connectivity index (χ1n) is 4.65. The summed E-state index contributed by atoms with van der Waals surface area (Å²) in [7, 11) is 0. The molecule has 1 aliphatic heterocycles. The molecule has 1 aliphatic rings. The van der Waals surface area contributed by atoms with Gasteiger partial charge in [0.05, 0.1) is 11.6 Å². The second-order valence-corrected chi connectivity index (χ2v) is 3.47. The second kappa shape index (κ2) is 3.80. The van der Waals surface area contributed by atoms with Crippen molar-refractivity contribution < 1.29 is 22.7 Å². The highest BCUT2D eigenvalue weighted by Gasteiger charge is 2.32. The van der Waals surface area contributed by atoms with E-state index in [0.29, 0.717) is 5.56 Å². The molecule has 2 N–H and O–H groups in total. The molecule has 0 aliphatic carbocycles. The summed E-state index contributed by atoms with van der Waals surface area (Å²) in [5.74, 6) is -0.651. The predicted molar refractivity (Wildman–Crippen MR) is 51.2 cm³/mol. The standard InChI is InChI=1S/C11H7F3NO2/c12-11(13,14)7-3-1-6(2-4-7)10-8(16)5-9(15)17-10/h1-4,10H,15H2. The summed E-state index contributed by atoms with van der Waals surface area (Å²) >= 11 is 0. The normalized spacial score (nSPS) is 20.1. The molecule has 89 valence electrons. The Hall–Kier alpha value is -1.98. The Balaban J connectivity index is 2.23. The van der Waals surface area contributed by atoms with Gasteiger partial charge in [-0.15, -0.1) is 0 Å². The van der Waals surface area contributed by atoms with Crippen molar-refractivity contribution in [3.05, 3.63) is 47.4 Å². The second-order valence-electron chi connectivity index (χ2n) is 3.47. The molecule has 1 heterocycles. The van der Waals surface area contributed by atoms with Crippen LogP contribution in [-0.4, -0.2) is 5.78 Å². The van der Waals surface area contributed by atoms with Gasteiger partial charge < -0.3 is 10.5 Å². The lowest BCUT2D eigenvalue weighted by Gasteiger charge is -2.12. The molecule has 6 heteroatoms. The van der Waals surface area contributed by atoms with E-state index >= 15 is 0 Å². The maximum atomic E-state index is 12.3.